The average molecular weight is 286 g/mol. The van der Waals surface area contributed by atoms with Crippen molar-refractivity contribution >= 4 is 21.1 Å². The minimum absolute atomic E-state index is 0.242. The van der Waals surface area contributed by atoms with Gasteiger partial charge in [-0.1, -0.05) is 18.2 Å². The Morgan fingerprint density at radius 1 is 1.42 bits per heavy atom. The van der Waals surface area contributed by atoms with Crippen molar-refractivity contribution in [2.24, 2.45) is 0 Å². The summed E-state index contributed by atoms with van der Waals surface area (Å²) < 4.78 is 9.66. The molecule has 2 unspecified atom stereocenters. The van der Waals surface area contributed by atoms with E-state index in [-0.39, 0.29) is 8.81 Å². The number of carbonyl (C=O) groups is 2. The van der Waals surface area contributed by atoms with Crippen LogP contribution in [0.15, 0.2) is 30.3 Å². The van der Waals surface area contributed by atoms with Crippen molar-refractivity contribution in [2.75, 3.05) is 12.8 Å². The molecular formula is C13H19O5P. The number of aldehydes is 1. The number of hydrogen-bond donors (Lipinski definition) is 1. The number of aliphatic hydroxyl groups excluding tert-OH is 1. The average Bonchev–Trinajstić information content (AvgIpc) is 2.41. The normalized spacial score (nSPS) is 11.3. The summed E-state index contributed by atoms with van der Waals surface area (Å²) in [5.41, 5.74) is 0. The summed E-state index contributed by atoms with van der Waals surface area (Å²) in [7, 11) is 0.242. The van der Waals surface area contributed by atoms with E-state index in [1.807, 2.05) is 30.3 Å². The number of aliphatic hydroxyl groups is 1. The van der Waals surface area contributed by atoms with Gasteiger partial charge in [-0.25, -0.2) is 4.79 Å². The Hall–Kier alpha value is -1.45. The maximum absolute atomic E-state index is 10.3. The highest BCUT2D eigenvalue weighted by Gasteiger charge is 2.07. The number of para-hydroxylation sites is 1. The highest BCUT2D eigenvalue weighted by Crippen LogP contribution is 2.18. The first-order valence-electron chi connectivity index (χ1n) is 5.84. The number of ether oxygens (including phenoxy) is 1. The lowest BCUT2D eigenvalue weighted by molar-refractivity contribution is -0.151. The molecule has 6 heteroatoms. The lowest BCUT2D eigenvalue weighted by atomic mass is 10.3. The number of hydrogen-bond acceptors (Lipinski definition) is 5. The fourth-order valence-corrected chi connectivity index (χ4v) is 1.36. The van der Waals surface area contributed by atoms with Gasteiger partial charge in [-0.2, -0.15) is 0 Å². The van der Waals surface area contributed by atoms with Gasteiger partial charge >= 0.3 is 5.97 Å². The van der Waals surface area contributed by atoms with Crippen molar-refractivity contribution < 1.29 is 24.0 Å². The molecule has 0 aromatic heterocycles. The zero-order chi connectivity index (χ0) is 14.5. The molecule has 0 saturated heterocycles. The first kappa shape index (κ1) is 17.6. The summed E-state index contributed by atoms with van der Waals surface area (Å²) in [5.74, 6) is 0.264. The monoisotopic (exact) mass is 286 g/mol. The molecule has 0 spiro atoms. The Kier molecular flexibility index (Phi) is 10.7. The topological polar surface area (TPSA) is 72.8 Å². The second-order valence-corrected chi connectivity index (χ2v) is 4.26. The maximum Gasteiger partial charge on any atom is 0.334 e. The van der Waals surface area contributed by atoms with Gasteiger partial charge in [0.2, 0.25) is 0 Å². The molecule has 0 aliphatic carbocycles. The van der Waals surface area contributed by atoms with Crippen LogP contribution >= 0.6 is 8.81 Å². The quantitative estimate of drug-likeness (QED) is 0.373. The third kappa shape index (κ3) is 10.2. The van der Waals surface area contributed by atoms with Gasteiger partial charge < -0.3 is 19.2 Å². The van der Waals surface area contributed by atoms with E-state index in [0.29, 0.717) is 12.8 Å². The summed E-state index contributed by atoms with van der Waals surface area (Å²) in [5, 5.41) is 8.48. The van der Waals surface area contributed by atoms with Gasteiger partial charge in [0.25, 0.3) is 0 Å². The predicted octanol–water partition coefficient (Wildman–Crippen LogP) is 1.79. The second kappa shape index (κ2) is 11.6. The largest absolute Gasteiger partial charge is 0.477 e. The summed E-state index contributed by atoms with van der Waals surface area (Å²) >= 11 is 0. The number of rotatable bonds is 6. The van der Waals surface area contributed by atoms with Crippen LogP contribution in [0.2, 0.25) is 0 Å². The Bertz CT molecular complexity index is 353. The molecule has 106 valence electrons. The molecule has 19 heavy (non-hydrogen) atoms. The molecule has 5 nitrogen and oxygen atoms in total. The fraction of sp³-hybridized carbons (Fsp3) is 0.385. The zero-order valence-corrected chi connectivity index (χ0v) is 12.0. The van der Waals surface area contributed by atoms with E-state index in [9.17, 15) is 9.59 Å². The molecule has 0 bridgehead atoms. The van der Waals surface area contributed by atoms with E-state index >= 15 is 0 Å². The predicted molar refractivity (Wildman–Crippen MR) is 74.6 cm³/mol. The lowest BCUT2D eigenvalue weighted by Crippen LogP contribution is -2.18. The minimum atomic E-state index is -0.991. The molecule has 2 atom stereocenters. The fourth-order valence-electron chi connectivity index (χ4n) is 0.910. The van der Waals surface area contributed by atoms with Gasteiger partial charge in [0, 0.05) is 0 Å². The number of esters is 1. The third-order valence-electron chi connectivity index (χ3n) is 1.73. The van der Waals surface area contributed by atoms with Crippen molar-refractivity contribution in [2.45, 2.75) is 20.0 Å². The van der Waals surface area contributed by atoms with E-state index < -0.39 is 12.1 Å². The Labute approximate surface area is 114 Å². The zero-order valence-electron chi connectivity index (χ0n) is 11.0. The van der Waals surface area contributed by atoms with E-state index in [4.69, 9.17) is 9.63 Å². The van der Waals surface area contributed by atoms with Gasteiger partial charge in [0.1, 0.15) is 18.1 Å². The molecule has 0 saturated carbocycles. The van der Waals surface area contributed by atoms with E-state index in [2.05, 4.69) is 4.74 Å². The standard InChI is InChI=1S/C8H9O2P.C5H10O3/c9-6-7-11-10-8-4-2-1-3-5-8;1-3-8-5(7)4(2)6/h1-6,11H,7H2;4,6H,3H2,1-2H3. The van der Waals surface area contributed by atoms with Crippen LogP contribution in [0, 0.1) is 0 Å². The third-order valence-corrected chi connectivity index (χ3v) is 2.44. The lowest BCUT2D eigenvalue weighted by Gasteiger charge is -2.01. The smallest absolute Gasteiger partial charge is 0.334 e. The Morgan fingerprint density at radius 2 is 2.05 bits per heavy atom. The van der Waals surface area contributed by atoms with Crippen molar-refractivity contribution in [3.8, 4) is 5.75 Å². The van der Waals surface area contributed by atoms with Crippen molar-refractivity contribution in [3.63, 3.8) is 0 Å². The number of carbonyl (C=O) groups excluding carboxylic acids is 2. The molecule has 1 rings (SSSR count). The van der Waals surface area contributed by atoms with Crippen LogP contribution in [0.4, 0.5) is 0 Å². The molecule has 0 radical (unpaired) electrons. The van der Waals surface area contributed by atoms with Crippen molar-refractivity contribution in [3.05, 3.63) is 30.3 Å². The van der Waals surface area contributed by atoms with Crippen LogP contribution in [0.25, 0.3) is 0 Å². The van der Waals surface area contributed by atoms with Crippen LogP contribution in [-0.2, 0) is 14.3 Å². The molecular weight excluding hydrogens is 267 g/mol. The molecule has 0 aliphatic heterocycles. The van der Waals surface area contributed by atoms with Crippen LogP contribution in [0.1, 0.15) is 13.8 Å². The highest BCUT2D eigenvalue weighted by atomic mass is 31.1. The van der Waals surface area contributed by atoms with Gasteiger partial charge in [-0.15, -0.1) is 0 Å². The molecule has 1 N–H and O–H groups in total. The van der Waals surface area contributed by atoms with E-state index in [1.165, 1.54) is 6.92 Å². The van der Waals surface area contributed by atoms with E-state index in [1.54, 1.807) is 6.92 Å². The summed E-state index contributed by atoms with van der Waals surface area (Å²) in [6.07, 6.45) is 0.353. The second-order valence-electron chi connectivity index (χ2n) is 3.36. The maximum atomic E-state index is 10.3. The summed E-state index contributed by atoms with van der Waals surface area (Å²) in [4.78, 5) is 20.2. The van der Waals surface area contributed by atoms with Gasteiger partial charge in [-0.05, 0) is 26.0 Å². The SMILES string of the molecule is CCOC(=O)C(C)O.O=CCPOc1ccccc1. The minimum Gasteiger partial charge on any atom is -0.477 e. The van der Waals surface area contributed by atoms with Gasteiger partial charge in [-0.3, -0.25) is 0 Å². The van der Waals surface area contributed by atoms with Crippen molar-refractivity contribution in [1.29, 1.82) is 0 Å². The van der Waals surface area contributed by atoms with Crippen LogP contribution in [0.5, 0.6) is 5.75 Å². The molecule has 0 heterocycles. The number of benzene rings is 1. The molecule has 0 amide bonds. The van der Waals surface area contributed by atoms with Crippen LogP contribution in [0.3, 0.4) is 0 Å². The van der Waals surface area contributed by atoms with E-state index in [0.717, 1.165) is 12.0 Å². The van der Waals surface area contributed by atoms with Gasteiger partial charge in [0.05, 0.1) is 21.6 Å². The Balaban J connectivity index is 0.000000362. The molecule has 0 aliphatic rings. The summed E-state index contributed by atoms with van der Waals surface area (Å²) in [6.45, 7) is 3.39. The first-order chi connectivity index (χ1) is 9.11. The Morgan fingerprint density at radius 3 is 2.47 bits per heavy atom. The van der Waals surface area contributed by atoms with Gasteiger partial charge in [0.15, 0.2) is 0 Å². The summed E-state index contributed by atoms with van der Waals surface area (Å²) in [6, 6.07) is 9.48. The first-order valence-corrected chi connectivity index (χ1v) is 6.96. The van der Waals surface area contributed by atoms with Crippen molar-refractivity contribution in [1.82, 2.24) is 0 Å². The molecule has 1 aromatic rings. The highest BCUT2D eigenvalue weighted by molar-refractivity contribution is 7.33. The molecule has 1 aromatic carbocycles. The molecule has 0 fully saturated rings. The van der Waals surface area contributed by atoms with Crippen LogP contribution < -0.4 is 4.52 Å². The van der Waals surface area contributed by atoms with Crippen LogP contribution in [-0.4, -0.2) is 36.2 Å².